The molecule has 0 aliphatic carbocycles. The molecular weight excluding hydrogens is 168 g/mol. The first-order valence-electron chi connectivity index (χ1n) is 0.908. The average Bonchev–Trinajstić information content (AvgIpc) is 0.811. The van der Waals surface area contributed by atoms with E-state index in [9.17, 15) is 4.79 Å². The zero-order valence-corrected chi connectivity index (χ0v) is 4.65. The first-order chi connectivity index (χ1) is 1.73. The van der Waals surface area contributed by atoms with Gasteiger partial charge in [0.15, 0.2) is 0 Å². The fourth-order valence-corrected chi connectivity index (χ4v) is 0. The minimum atomic E-state index is 0.177. The fourth-order valence-electron chi connectivity index (χ4n) is 0. The van der Waals surface area contributed by atoms with Crippen LogP contribution in [0.1, 0.15) is 6.92 Å². The number of hydrogen-bond acceptors (Lipinski definition) is 1. The van der Waals surface area contributed by atoms with Gasteiger partial charge in [-0.05, 0) is 0 Å². The predicted molar refractivity (Wildman–Crippen MR) is 16.4 cm³/mol. The molecular formula is C2H3OTe. The molecule has 0 atom stereocenters. The monoisotopic (exact) mass is 173 g/mol. The van der Waals surface area contributed by atoms with Gasteiger partial charge >= 0.3 is 37.8 Å². The number of carbonyl (C=O) groups excluding carboxylic acids is 1. The molecule has 2 heteroatoms. The van der Waals surface area contributed by atoms with Gasteiger partial charge in [0.25, 0.3) is 0 Å². The summed E-state index contributed by atoms with van der Waals surface area (Å²) in [7, 11) is 0. The molecule has 0 aliphatic rings. The molecule has 0 rings (SSSR count). The standard InChI is InChI=1S/C2H3OTe/c1-2(3)4/h1H3. The Kier molecular flexibility index (Phi) is 1.95. The summed E-state index contributed by atoms with van der Waals surface area (Å²) in [5, 5.41) is 0. The van der Waals surface area contributed by atoms with E-state index < -0.39 is 0 Å². The third-order valence-corrected chi connectivity index (χ3v) is 0. The molecule has 0 saturated heterocycles. The van der Waals surface area contributed by atoms with Gasteiger partial charge in [-0.1, -0.05) is 0 Å². The van der Waals surface area contributed by atoms with Crippen LogP contribution >= 0.6 is 0 Å². The van der Waals surface area contributed by atoms with E-state index in [4.69, 9.17) is 0 Å². The summed E-state index contributed by atoms with van der Waals surface area (Å²) in [4.78, 5) is 9.45. The van der Waals surface area contributed by atoms with Crippen LogP contribution in [0.3, 0.4) is 0 Å². The van der Waals surface area contributed by atoms with Crippen molar-refractivity contribution in [2.45, 2.75) is 6.92 Å². The van der Waals surface area contributed by atoms with Crippen molar-refractivity contribution in [1.29, 1.82) is 0 Å². The molecule has 0 unspecified atom stereocenters. The molecule has 0 amide bonds. The minimum absolute atomic E-state index is 0.177. The fraction of sp³-hybridized carbons (Fsp3) is 0.500. The SMILES string of the molecule is CC(=O)[Te]. The van der Waals surface area contributed by atoms with Gasteiger partial charge in [0, 0.05) is 0 Å². The zero-order valence-electron chi connectivity index (χ0n) is 2.32. The van der Waals surface area contributed by atoms with Crippen LogP contribution < -0.4 is 0 Å². The molecule has 4 heavy (non-hydrogen) atoms. The second kappa shape index (κ2) is 1.75. The van der Waals surface area contributed by atoms with Gasteiger partial charge in [-0.15, -0.1) is 0 Å². The van der Waals surface area contributed by atoms with Crippen LogP contribution in [-0.2, 0) is 4.79 Å². The van der Waals surface area contributed by atoms with Crippen LogP contribution in [0.2, 0.25) is 0 Å². The van der Waals surface area contributed by atoms with Crippen LogP contribution in [0, 0.1) is 0 Å². The second-order valence-corrected chi connectivity index (χ2v) is 2.13. The first-order valence-corrected chi connectivity index (χ1v) is 2.07. The molecule has 0 bridgehead atoms. The Morgan fingerprint density at radius 1 is 2.00 bits per heavy atom. The quantitative estimate of drug-likeness (QED) is 0.457. The molecule has 23 valence electrons. The molecule has 1 radical (unpaired) electrons. The number of rotatable bonds is 0. The Labute approximate surface area is 38.3 Å². The Morgan fingerprint density at radius 3 is 2.00 bits per heavy atom. The van der Waals surface area contributed by atoms with Crippen LogP contribution in [0.4, 0.5) is 0 Å². The summed E-state index contributed by atoms with van der Waals surface area (Å²) in [5.74, 6) is 0. The number of carbonyl (C=O) groups is 1. The summed E-state index contributed by atoms with van der Waals surface area (Å²) < 4.78 is 0.177. The topological polar surface area (TPSA) is 17.1 Å². The first kappa shape index (κ1) is 4.46. The van der Waals surface area contributed by atoms with Gasteiger partial charge in [-0.25, -0.2) is 0 Å². The predicted octanol–water partition coefficient (Wildman–Crippen LogP) is -0.299. The van der Waals surface area contributed by atoms with E-state index in [2.05, 4.69) is 0 Å². The Bertz CT molecular complexity index is 29.0. The average molecular weight is 171 g/mol. The third kappa shape index (κ3) is 24.8. The summed E-state index contributed by atoms with van der Waals surface area (Å²) in [6, 6.07) is 0. The molecule has 0 N–H and O–H groups in total. The molecule has 0 aromatic heterocycles. The zero-order chi connectivity index (χ0) is 3.58. The van der Waals surface area contributed by atoms with Crippen molar-refractivity contribution in [1.82, 2.24) is 0 Å². The summed E-state index contributed by atoms with van der Waals surface area (Å²) >= 11 is 1.47. The van der Waals surface area contributed by atoms with Crippen molar-refractivity contribution in [2.75, 3.05) is 0 Å². The van der Waals surface area contributed by atoms with Crippen LogP contribution in [-0.4, -0.2) is 26.1 Å². The molecule has 0 saturated carbocycles. The molecule has 0 fully saturated rings. The maximum atomic E-state index is 9.45. The molecule has 0 aromatic carbocycles. The van der Waals surface area contributed by atoms with Crippen molar-refractivity contribution in [3.8, 4) is 0 Å². The Hall–Kier alpha value is 0.460. The van der Waals surface area contributed by atoms with E-state index in [0.717, 1.165) is 0 Å². The van der Waals surface area contributed by atoms with Crippen LogP contribution in [0.25, 0.3) is 0 Å². The molecule has 0 spiro atoms. The summed E-state index contributed by atoms with van der Waals surface area (Å²) in [6.45, 7) is 1.53. The van der Waals surface area contributed by atoms with Crippen molar-refractivity contribution >= 4 is 26.1 Å². The van der Waals surface area contributed by atoms with Gasteiger partial charge in [0.1, 0.15) is 0 Å². The second-order valence-electron chi connectivity index (χ2n) is 0.492. The van der Waals surface area contributed by atoms with Crippen LogP contribution in [0.5, 0.6) is 0 Å². The van der Waals surface area contributed by atoms with Gasteiger partial charge < -0.3 is 0 Å². The van der Waals surface area contributed by atoms with E-state index in [0.29, 0.717) is 0 Å². The Balaban J connectivity index is 2.80. The summed E-state index contributed by atoms with van der Waals surface area (Å²) in [5.41, 5.74) is 0. The maximum absolute atomic E-state index is 9.45. The van der Waals surface area contributed by atoms with Crippen molar-refractivity contribution in [3.63, 3.8) is 0 Å². The van der Waals surface area contributed by atoms with Crippen molar-refractivity contribution in [2.24, 2.45) is 0 Å². The van der Waals surface area contributed by atoms with E-state index in [1.54, 1.807) is 0 Å². The summed E-state index contributed by atoms with van der Waals surface area (Å²) in [6.07, 6.45) is 0. The van der Waals surface area contributed by atoms with Gasteiger partial charge in [0.2, 0.25) is 0 Å². The van der Waals surface area contributed by atoms with E-state index in [-0.39, 0.29) is 3.83 Å². The van der Waals surface area contributed by atoms with E-state index >= 15 is 0 Å². The third-order valence-electron chi connectivity index (χ3n) is 0. The normalized spacial score (nSPS) is 6.25. The van der Waals surface area contributed by atoms with E-state index in [1.165, 1.54) is 29.2 Å². The molecule has 0 aromatic rings. The Morgan fingerprint density at radius 2 is 2.00 bits per heavy atom. The van der Waals surface area contributed by atoms with Crippen molar-refractivity contribution in [3.05, 3.63) is 0 Å². The van der Waals surface area contributed by atoms with Gasteiger partial charge in [-0.3, -0.25) is 0 Å². The van der Waals surface area contributed by atoms with Gasteiger partial charge in [-0.2, -0.15) is 0 Å². The molecule has 1 nitrogen and oxygen atoms in total. The van der Waals surface area contributed by atoms with E-state index in [1.807, 2.05) is 0 Å². The van der Waals surface area contributed by atoms with Crippen molar-refractivity contribution < 1.29 is 4.79 Å². The molecule has 0 aliphatic heterocycles. The number of hydrogen-bond donors (Lipinski definition) is 0. The molecule has 0 heterocycles. The van der Waals surface area contributed by atoms with Crippen LogP contribution in [0.15, 0.2) is 0 Å². The van der Waals surface area contributed by atoms with Gasteiger partial charge in [0.05, 0.1) is 0 Å².